The summed E-state index contributed by atoms with van der Waals surface area (Å²) in [6.45, 7) is 6.39. The number of rotatable bonds is 58. The standard InChI is InChI=1S/C73H120O6/c1-4-7-10-13-16-19-21-23-25-27-29-31-33-35-36-38-39-41-43-45-47-49-51-54-57-60-63-66-72(75)78-69-70(68-77-71(74)65-62-59-56-53-18-15-12-9-6-3)79-73(76)67-64-61-58-55-52-50-48-46-44-42-40-37-34-32-30-28-26-24-22-20-17-14-11-8-5-2/h7-8,10-11,16-17,19-20,23-26,29-32,35-36,39,41,45,47,70H,4-6,9,12-15,18,21-22,27-28,33-34,37-38,40,42-44,46,48-69H2,1-3H3/b10-7-,11-8-,19-16-,20-17-,25-23-,26-24-,31-29-,32-30-,36-35-,41-39-,47-45-. The minimum Gasteiger partial charge on any atom is -0.462 e. The Hall–Kier alpha value is -4.45. The molecule has 1 unspecified atom stereocenters. The largest absolute Gasteiger partial charge is 0.462 e. The number of hydrogen-bond acceptors (Lipinski definition) is 6. The highest BCUT2D eigenvalue weighted by Gasteiger charge is 2.19. The predicted molar refractivity (Wildman–Crippen MR) is 343 cm³/mol. The van der Waals surface area contributed by atoms with E-state index in [-0.39, 0.29) is 31.1 Å². The molecule has 0 aliphatic rings. The van der Waals surface area contributed by atoms with Crippen molar-refractivity contribution in [2.24, 2.45) is 0 Å². The van der Waals surface area contributed by atoms with Gasteiger partial charge in [-0.15, -0.1) is 0 Å². The summed E-state index contributed by atoms with van der Waals surface area (Å²) in [5, 5.41) is 0. The van der Waals surface area contributed by atoms with Crippen molar-refractivity contribution < 1.29 is 28.6 Å². The van der Waals surface area contributed by atoms with E-state index in [1.165, 1.54) is 103 Å². The van der Waals surface area contributed by atoms with E-state index in [1.807, 2.05) is 0 Å². The fourth-order valence-electron chi connectivity index (χ4n) is 8.83. The van der Waals surface area contributed by atoms with Crippen molar-refractivity contribution in [3.05, 3.63) is 134 Å². The Kier molecular flexibility index (Phi) is 62.3. The average Bonchev–Trinajstić information content (AvgIpc) is 3.45. The summed E-state index contributed by atoms with van der Waals surface area (Å²) in [6, 6.07) is 0. The first-order valence-corrected chi connectivity index (χ1v) is 32.7. The molecule has 0 N–H and O–H groups in total. The molecule has 0 amide bonds. The highest BCUT2D eigenvalue weighted by Crippen LogP contribution is 2.16. The highest BCUT2D eigenvalue weighted by molar-refractivity contribution is 5.71. The molecule has 0 heterocycles. The third-order valence-electron chi connectivity index (χ3n) is 13.7. The smallest absolute Gasteiger partial charge is 0.306 e. The monoisotopic (exact) mass is 1090 g/mol. The number of hydrogen-bond donors (Lipinski definition) is 0. The lowest BCUT2D eigenvalue weighted by atomic mass is 10.0. The lowest BCUT2D eigenvalue weighted by Crippen LogP contribution is -2.30. The normalized spacial score (nSPS) is 13.0. The number of carbonyl (C=O) groups excluding carboxylic acids is 3. The van der Waals surface area contributed by atoms with Crippen LogP contribution in [0.15, 0.2) is 134 Å². The predicted octanol–water partition coefficient (Wildman–Crippen LogP) is 22.5. The van der Waals surface area contributed by atoms with Crippen molar-refractivity contribution in [1.29, 1.82) is 0 Å². The van der Waals surface area contributed by atoms with E-state index < -0.39 is 6.10 Å². The molecule has 0 aliphatic heterocycles. The molecule has 1 atom stereocenters. The molecule has 0 fully saturated rings. The van der Waals surface area contributed by atoms with E-state index in [4.69, 9.17) is 14.2 Å². The van der Waals surface area contributed by atoms with Gasteiger partial charge in [0.15, 0.2) is 6.10 Å². The van der Waals surface area contributed by atoms with Gasteiger partial charge in [-0.3, -0.25) is 14.4 Å². The third-order valence-corrected chi connectivity index (χ3v) is 13.7. The summed E-state index contributed by atoms with van der Waals surface area (Å²) in [7, 11) is 0. The van der Waals surface area contributed by atoms with Gasteiger partial charge in [0.05, 0.1) is 0 Å². The molecule has 0 aromatic carbocycles. The van der Waals surface area contributed by atoms with Crippen molar-refractivity contribution in [2.45, 2.75) is 297 Å². The molecular formula is C73H120O6. The minimum absolute atomic E-state index is 0.0862. The van der Waals surface area contributed by atoms with Crippen molar-refractivity contribution in [2.75, 3.05) is 13.2 Å². The van der Waals surface area contributed by atoms with Gasteiger partial charge in [0.2, 0.25) is 0 Å². The van der Waals surface area contributed by atoms with E-state index >= 15 is 0 Å². The van der Waals surface area contributed by atoms with E-state index in [2.05, 4.69) is 154 Å². The van der Waals surface area contributed by atoms with Gasteiger partial charge >= 0.3 is 17.9 Å². The summed E-state index contributed by atoms with van der Waals surface area (Å²) >= 11 is 0. The second kappa shape index (κ2) is 66.1. The molecule has 0 bridgehead atoms. The van der Waals surface area contributed by atoms with Gasteiger partial charge in [0, 0.05) is 19.3 Å². The Morgan fingerprint density at radius 2 is 0.494 bits per heavy atom. The minimum atomic E-state index is -0.790. The van der Waals surface area contributed by atoms with Crippen LogP contribution < -0.4 is 0 Å². The van der Waals surface area contributed by atoms with Crippen LogP contribution in [0.3, 0.4) is 0 Å². The van der Waals surface area contributed by atoms with Crippen LogP contribution in [0.5, 0.6) is 0 Å². The van der Waals surface area contributed by atoms with Gasteiger partial charge in [-0.05, 0) is 116 Å². The maximum atomic E-state index is 12.9. The van der Waals surface area contributed by atoms with E-state index in [0.29, 0.717) is 19.3 Å². The fourth-order valence-corrected chi connectivity index (χ4v) is 8.83. The molecule has 79 heavy (non-hydrogen) atoms. The van der Waals surface area contributed by atoms with Gasteiger partial charge in [0.25, 0.3) is 0 Å². The second-order valence-electron chi connectivity index (χ2n) is 21.3. The van der Waals surface area contributed by atoms with E-state index in [9.17, 15) is 14.4 Å². The van der Waals surface area contributed by atoms with Crippen LogP contribution in [0.1, 0.15) is 290 Å². The average molecular weight is 1090 g/mol. The zero-order valence-electron chi connectivity index (χ0n) is 51.3. The van der Waals surface area contributed by atoms with Crippen molar-refractivity contribution in [3.8, 4) is 0 Å². The van der Waals surface area contributed by atoms with Crippen molar-refractivity contribution in [1.82, 2.24) is 0 Å². The van der Waals surface area contributed by atoms with Gasteiger partial charge in [-0.2, -0.15) is 0 Å². The molecule has 0 spiro atoms. The van der Waals surface area contributed by atoms with Crippen LogP contribution in [-0.4, -0.2) is 37.2 Å². The van der Waals surface area contributed by atoms with E-state index in [0.717, 1.165) is 148 Å². The number of allylic oxidation sites excluding steroid dienone is 22. The molecule has 448 valence electrons. The van der Waals surface area contributed by atoms with Crippen LogP contribution in [-0.2, 0) is 28.6 Å². The van der Waals surface area contributed by atoms with Crippen LogP contribution in [0.2, 0.25) is 0 Å². The van der Waals surface area contributed by atoms with Crippen LogP contribution >= 0.6 is 0 Å². The highest BCUT2D eigenvalue weighted by atomic mass is 16.6. The molecule has 0 saturated carbocycles. The lowest BCUT2D eigenvalue weighted by Gasteiger charge is -2.18. The fraction of sp³-hybridized carbons (Fsp3) is 0.658. The summed E-state index contributed by atoms with van der Waals surface area (Å²) in [6.07, 6.45) is 93.2. The van der Waals surface area contributed by atoms with Crippen molar-refractivity contribution >= 4 is 17.9 Å². The lowest BCUT2D eigenvalue weighted by molar-refractivity contribution is -0.167. The molecular weight excluding hydrogens is 973 g/mol. The number of unbranched alkanes of at least 4 members (excludes halogenated alkanes) is 25. The zero-order valence-corrected chi connectivity index (χ0v) is 51.3. The topological polar surface area (TPSA) is 78.9 Å². The van der Waals surface area contributed by atoms with Crippen LogP contribution in [0.4, 0.5) is 0 Å². The summed E-state index contributed by atoms with van der Waals surface area (Å²) < 4.78 is 16.9. The SMILES string of the molecule is CC/C=C\C/C=C\C/C=C\C/C=C\C/C=C\C/C=C\C/C=C\CCCCCCCC(=O)OCC(COC(=O)CCCCCCCCCCC)OC(=O)CCCCCCCCCCCCCC/C=C\C/C=C\C/C=C\C/C=C\CC. The third kappa shape index (κ3) is 64.3. The first-order chi connectivity index (χ1) is 39.0. The summed E-state index contributed by atoms with van der Waals surface area (Å²) in [4.78, 5) is 38.2. The van der Waals surface area contributed by atoms with Gasteiger partial charge in [-0.25, -0.2) is 0 Å². The zero-order chi connectivity index (χ0) is 57.1. The summed E-state index contributed by atoms with van der Waals surface area (Å²) in [5.41, 5.74) is 0. The Morgan fingerprint density at radius 3 is 0.772 bits per heavy atom. The molecule has 6 nitrogen and oxygen atoms in total. The molecule has 0 aromatic rings. The molecule has 6 heteroatoms. The second-order valence-corrected chi connectivity index (χ2v) is 21.3. The maximum Gasteiger partial charge on any atom is 0.306 e. The van der Waals surface area contributed by atoms with Crippen LogP contribution in [0, 0.1) is 0 Å². The first kappa shape index (κ1) is 74.5. The number of ether oxygens (including phenoxy) is 3. The van der Waals surface area contributed by atoms with Crippen molar-refractivity contribution in [3.63, 3.8) is 0 Å². The Balaban J connectivity index is 4.28. The summed E-state index contributed by atoms with van der Waals surface area (Å²) in [5.74, 6) is -0.907. The van der Waals surface area contributed by atoms with E-state index in [1.54, 1.807) is 0 Å². The molecule has 0 radical (unpaired) electrons. The molecule has 0 rings (SSSR count). The Bertz CT molecular complexity index is 1680. The quantitative estimate of drug-likeness (QED) is 0.0261. The first-order valence-electron chi connectivity index (χ1n) is 32.7. The molecule has 0 aromatic heterocycles. The number of carbonyl (C=O) groups is 3. The Labute approximate surface area is 487 Å². The van der Waals surface area contributed by atoms with Gasteiger partial charge in [0.1, 0.15) is 13.2 Å². The number of esters is 3. The van der Waals surface area contributed by atoms with Crippen LogP contribution in [0.25, 0.3) is 0 Å². The maximum absolute atomic E-state index is 12.9. The van der Waals surface area contributed by atoms with Gasteiger partial charge < -0.3 is 14.2 Å². The van der Waals surface area contributed by atoms with Gasteiger partial charge in [-0.1, -0.05) is 289 Å². The molecule has 0 saturated heterocycles. The molecule has 0 aliphatic carbocycles. The Morgan fingerprint density at radius 1 is 0.266 bits per heavy atom.